The molecule has 3 N–H and O–H groups in total. The van der Waals surface area contributed by atoms with E-state index in [0.717, 1.165) is 23.5 Å². The van der Waals surface area contributed by atoms with E-state index in [2.05, 4.69) is 10.6 Å². The number of guanidine groups is 1. The number of nitrogens with one attached hydrogen (secondary N) is 2. The third-order valence-electron chi connectivity index (χ3n) is 4.63. The zero-order chi connectivity index (χ0) is 19.8. The summed E-state index contributed by atoms with van der Waals surface area (Å²) in [5.74, 6) is -0.360. The minimum Gasteiger partial charge on any atom is -0.475 e. The van der Waals surface area contributed by atoms with Gasteiger partial charge in [-0.3, -0.25) is 0 Å². The number of carboxylic acids is 1. The minimum absolute atomic E-state index is 0.436. The molecule has 2 atom stereocenters. The number of anilines is 1. The van der Waals surface area contributed by atoms with E-state index in [1.165, 1.54) is 25.7 Å². The molecule has 1 aliphatic heterocycles. The molecule has 4 rings (SSSR count). The van der Waals surface area contributed by atoms with Crippen LogP contribution in [0.1, 0.15) is 25.7 Å². The van der Waals surface area contributed by atoms with Gasteiger partial charge in [0.2, 0.25) is 0 Å². The van der Waals surface area contributed by atoms with Gasteiger partial charge in [-0.05, 0) is 49.7 Å². The molecule has 0 aromatic heterocycles. The highest BCUT2D eigenvalue weighted by Gasteiger charge is 2.47. The van der Waals surface area contributed by atoms with Gasteiger partial charge in [0, 0.05) is 0 Å². The van der Waals surface area contributed by atoms with E-state index in [4.69, 9.17) is 38.1 Å². The molecular weight excluding hydrogens is 406 g/mol. The number of nitrogens with zero attached hydrogens (tertiary/aromatic N) is 1. The molecule has 2 fully saturated rings. The van der Waals surface area contributed by atoms with E-state index >= 15 is 0 Å². The van der Waals surface area contributed by atoms with Gasteiger partial charge in [0.25, 0.3) is 0 Å². The van der Waals surface area contributed by atoms with Crippen LogP contribution >= 0.6 is 23.2 Å². The lowest BCUT2D eigenvalue weighted by molar-refractivity contribution is -0.192. The molecule has 148 valence electrons. The lowest BCUT2D eigenvalue weighted by Gasteiger charge is -2.17. The SMILES string of the molecule is Clc1cccc(Cl)c1NC1=N[C@H](C2CC2)[C@@H](C2CC2)N1.O=C(O)C(F)(F)F. The first-order chi connectivity index (χ1) is 12.7. The Balaban J connectivity index is 0.000000260. The van der Waals surface area contributed by atoms with Gasteiger partial charge in [0.05, 0.1) is 27.8 Å². The van der Waals surface area contributed by atoms with Crippen LogP contribution in [0.3, 0.4) is 0 Å². The Bertz CT molecular complexity index is 729. The number of hydrogen-bond donors (Lipinski definition) is 3. The van der Waals surface area contributed by atoms with Crippen molar-refractivity contribution in [1.29, 1.82) is 0 Å². The summed E-state index contributed by atoms with van der Waals surface area (Å²) in [5.41, 5.74) is 0.744. The van der Waals surface area contributed by atoms with Crippen molar-refractivity contribution in [3.63, 3.8) is 0 Å². The van der Waals surface area contributed by atoms with Crippen LogP contribution < -0.4 is 10.6 Å². The van der Waals surface area contributed by atoms with Gasteiger partial charge in [-0.15, -0.1) is 0 Å². The second-order valence-electron chi connectivity index (χ2n) is 6.84. The predicted molar refractivity (Wildman–Crippen MR) is 97.4 cm³/mol. The largest absolute Gasteiger partial charge is 0.490 e. The second-order valence-corrected chi connectivity index (χ2v) is 7.65. The second kappa shape index (κ2) is 7.75. The van der Waals surface area contributed by atoms with Crippen molar-refractivity contribution in [3.05, 3.63) is 28.2 Å². The van der Waals surface area contributed by atoms with Crippen LogP contribution in [-0.2, 0) is 4.79 Å². The number of alkyl halides is 3. The molecule has 0 saturated heterocycles. The maximum atomic E-state index is 10.6. The number of halogens is 5. The van der Waals surface area contributed by atoms with Gasteiger partial charge in [-0.1, -0.05) is 29.3 Å². The summed E-state index contributed by atoms with van der Waals surface area (Å²) in [4.78, 5) is 13.7. The van der Waals surface area contributed by atoms with Crippen LogP contribution in [0.5, 0.6) is 0 Å². The molecule has 3 aliphatic rings. The van der Waals surface area contributed by atoms with E-state index in [1.54, 1.807) is 0 Å². The van der Waals surface area contributed by atoms with E-state index in [-0.39, 0.29) is 0 Å². The molecule has 0 spiro atoms. The molecule has 0 bridgehead atoms. The average Bonchev–Trinajstić information content (AvgIpc) is 3.49. The van der Waals surface area contributed by atoms with Gasteiger partial charge < -0.3 is 15.7 Å². The van der Waals surface area contributed by atoms with Crippen molar-refractivity contribution < 1.29 is 23.1 Å². The highest BCUT2D eigenvalue weighted by Crippen LogP contribution is 2.44. The number of aliphatic imine (C=N–C) groups is 1. The van der Waals surface area contributed by atoms with Crippen molar-refractivity contribution in [2.75, 3.05) is 5.32 Å². The topological polar surface area (TPSA) is 73.7 Å². The van der Waals surface area contributed by atoms with E-state index in [9.17, 15) is 13.2 Å². The zero-order valence-corrected chi connectivity index (χ0v) is 15.6. The van der Waals surface area contributed by atoms with Gasteiger partial charge in [0.15, 0.2) is 5.96 Å². The normalized spacial score (nSPS) is 24.4. The van der Waals surface area contributed by atoms with Crippen LogP contribution in [-0.4, -0.2) is 35.3 Å². The third-order valence-corrected chi connectivity index (χ3v) is 5.26. The first-order valence-corrected chi connectivity index (χ1v) is 9.28. The number of rotatable bonds is 3. The smallest absolute Gasteiger partial charge is 0.475 e. The number of aliphatic carboxylic acids is 1. The van der Waals surface area contributed by atoms with Gasteiger partial charge in [-0.25, -0.2) is 9.79 Å². The molecule has 2 aliphatic carbocycles. The molecule has 0 radical (unpaired) electrons. The first kappa shape index (κ1) is 20.1. The third kappa shape index (κ3) is 5.19. The van der Waals surface area contributed by atoms with Gasteiger partial charge in [0.1, 0.15) is 0 Å². The fourth-order valence-corrected chi connectivity index (χ4v) is 3.49. The minimum atomic E-state index is -5.08. The standard InChI is InChI=1S/C15H17Cl2N3.C2HF3O2/c16-10-2-1-3-11(17)14(10)20-15-18-12(8-4-5-8)13(19-15)9-6-7-9;3-2(4,5)1(6)7/h1-3,8-9,12-13H,4-7H2,(H2,18,19,20);(H,6,7)/t12-,13-;/m1./s1. The fourth-order valence-electron chi connectivity index (χ4n) is 3.00. The summed E-state index contributed by atoms with van der Waals surface area (Å²) >= 11 is 12.4. The highest BCUT2D eigenvalue weighted by molar-refractivity contribution is 6.39. The van der Waals surface area contributed by atoms with E-state index in [0.29, 0.717) is 22.1 Å². The molecular formula is C17H18Cl2F3N3O2. The number of carbonyl (C=O) groups is 1. The van der Waals surface area contributed by atoms with Crippen molar-refractivity contribution in [3.8, 4) is 0 Å². The summed E-state index contributed by atoms with van der Waals surface area (Å²) in [6, 6.07) is 6.46. The van der Waals surface area contributed by atoms with E-state index < -0.39 is 12.1 Å². The molecule has 1 aromatic carbocycles. The number of carboxylic acid groups (broad SMARTS) is 1. The molecule has 1 heterocycles. The quantitative estimate of drug-likeness (QED) is 0.666. The Hall–Kier alpha value is -1.67. The summed E-state index contributed by atoms with van der Waals surface area (Å²) in [6.07, 6.45) is 0.214. The van der Waals surface area contributed by atoms with E-state index in [1.807, 2.05) is 18.2 Å². The van der Waals surface area contributed by atoms with Crippen LogP contribution in [0, 0.1) is 11.8 Å². The van der Waals surface area contributed by atoms with Crippen molar-refractivity contribution >= 4 is 40.8 Å². The molecule has 5 nitrogen and oxygen atoms in total. The summed E-state index contributed by atoms with van der Waals surface area (Å²) in [7, 11) is 0. The van der Waals surface area contributed by atoms with Crippen LogP contribution in [0.15, 0.2) is 23.2 Å². The Morgan fingerprint density at radius 1 is 1.15 bits per heavy atom. The fraction of sp³-hybridized carbons (Fsp3) is 0.529. The van der Waals surface area contributed by atoms with Crippen LogP contribution in [0.2, 0.25) is 10.0 Å². The molecule has 0 unspecified atom stereocenters. The van der Waals surface area contributed by atoms with Crippen molar-refractivity contribution in [2.45, 2.75) is 43.9 Å². The summed E-state index contributed by atoms with van der Waals surface area (Å²) in [5, 5.41) is 15.2. The Morgan fingerprint density at radius 2 is 1.67 bits per heavy atom. The summed E-state index contributed by atoms with van der Waals surface area (Å²) < 4.78 is 31.7. The summed E-state index contributed by atoms with van der Waals surface area (Å²) in [6.45, 7) is 0. The molecule has 1 aromatic rings. The van der Waals surface area contributed by atoms with Crippen LogP contribution in [0.25, 0.3) is 0 Å². The molecule has 10 heteroatoms. The molecule has 27 heavy (non-hydrogen) atoms. The Kier molecular flexibility index (Phi) is 5.76. The van der Waals surface area contributed by atoms with Crippen molar-refractivity contribution in [2.24, 2.45) is 16.8 Å². The lowest BCUT2D eigenvalue weighted by Crippen LogP contribution is -2.39. The Labute approximate surface area is 163 Å². The zero-order valence-electron chi connectivity index (χ0n) is 14.1. The highest BCUT2D eigenvalue weighted by atomic mass is 35.5. The maximum Gasteiger partial charge on any atom is 0.490 e. The first-order valence-electron chi connectivity index (χ1n) is 8.52. The van der Waals surface area contributed by atoms with Crippen molar-refractivity contribution in [1.82, 2.24) is 5.32 Å². The maximum absolute atomic E-state index is 10.6. The number of para-hydroxylation sites is 1. The van der Waals surface area contributed by atoms with Crippen LogP contribution in [0.4, 0.5) is 18.9 Å². The number of benzene rings is 1. The van der Waals surface area contributed by atoms with Gasteiger partial charge >= 0.3 is 12.1 Å². The number of hydrogen-bond acceptors (Lipinski definition) is 4. The Morgan fingerprint density at radius 3 is 2.11 bits per heavy atom. The predicted octanol–water partition coefficient (Wildman–Crippen LogP) is 4.56. The van der Waals surface area contributed by atoms with Gasteiger partial charge in [-0.2, -0.15) is 13.2 Å². The average molecular weight is 424 g/mol. The lowest BCUT2D eigenvalue weighted by atomic mass is 10.0. The molecule has 0 amide bonds. The monoisotopic (exact) mass is 423 g/mol. The molecule has 2 saturated carbocycles.